The molecule has 0 bridgehead atoms. The first-order chi connectivity index (χ1) is 14.1. The average Bonchev–Trinajstić information content (AvgIpc) is 3.20. The number of aromatic amines is 1. The fraction of sp³-hybridized carbons (Fsp3) is 0.143. The number of ether oxygens (including phenoxy) is 1. The molecule has 0 aliphatic heterocycles. The van der Waals surface area contributed by atoms with Gasteiger partial charge in [0.1, 0.15) is 23.1 Å². The molecule has 3 aromatic rings. The average molecular weight is 406 g/mol. The number of carboxylic acid groups (broad SMARTS) is 1. The molecule has 0 spiro atoms. The van der Waals surface area contributed by atoms with Crippen molar-refractivity contribution >= 4 is 23.8 Å². The molecule has 0 amide bonds. The molecule has 0 radical (unpaired) electrons. The fourth-order valence-electron chi connectivity index (χ4n) is 2.50. The quantitative estimate of drug-likeness (QED) is 0.429. The van der Waals surface area contributed by atoms with Crippen LogP contribution < -0.4 is 4.74 Å². The summed E-state index contributed by atoms with van der Waals surface area (Å²) < 4.78 is 5.88. The van der Waals surface area contributed by atoms with Crippen LogP contribution in [0.5, 0.6) is 5.75 Å². The number of nitriles is 1. The zero-order valence-electron chi connectivity index (χ0n) is 15.6. The Morgan fingerprint density at radius 2 is 2.03 bits per heavy atom. The maximum atomic E-state index is 11.7. The highest BCUT2D eigenvalue weighted by molar-refractivity contribution is 8.04. The molecule has 0 fully saturated rings. The second kappa shape index (κ2) is 9.57. The van der Waals surface area contributed by atoms with Crippen LogP contribution >= 0.6 is 11.8 Å². The predicted octanol–water partition coefficient (Wildman–Crippen LogP) is 4.04. The van der Waals surface area contributed by atoms with Gasteiger partial charge in [0.15, 0.2) is 0 Å². The van der Waals surface area contributed by atoms with Crippen LogP contribution in [0, 0.1) is 11.3 Å². The van der Waals surface area contributed by atoms with E-state index in [0.717, 1.165) is 17.3 Å². The first-order valence-corrected chi connectivity index (χ1v) is 9.66. The van der Waals surface area contributed by atoms with Gasteiger partial charge in [0, 0.05) is 17.5 Å². The number of carbonyl (C=O) groups is 1. The second-order valence-electron chi connectivity index (χ2n) is 5.93. The van der Waals surface area contributed by atoms with Crippen molar-refractivity contribution in [2.45, 2.75) is 25.1 Å². The van der Waals surface area contributed by atoms with Crippen molar-refractivity contribution in [3.8, 4) is 11.8 Å². The highest BCUT2D eigenvalue weighted by atomic mass is 32.2. The van der Waals surface area contributed by atoms with Gasteiger partial charge in [-0.3, -0.25) is 5.10 Å². The first kappa shape index (κ1) is 20.2. The van der Waals surface area contributed by atoms with Gasteiger partial charge in [0.05, 0.1) is 11.6 Å². The lowest BCUT2D eigenvalue weighted by Crippen LogP contribution is -2.01. The van der Waals surface area contributed by atoms with Crippen LogP contribution in [-0.2, 0) is 17.8 Å². The normalized spacial score (nSPS) is 11.1. The molecule has 7 nitrogen and oxygen atoms in total. The molecule has 0 saturated carbocycles. The van der Waals surface area contributed by atoms with Crippen LogP contribution in [0.3, 0.4) is 0 Å². The number of carboxylic acids is 1. The lowest BCUT2D eigenvalue weighted by atomic mass is 10.1. The topological polar surface area (TPSA) is 112 Å². The van der Waals surface area contributed by atoms with Crippen LogP contribution in [0.15, 0.2) is 58.6 Å². The number of nitrogens with one attached hydrogen (secondary N) is 1. The maximum Gasteiger partial charge on any atom is 0.342 e. The highest BCUT2D eigenvalue weighted by Gasteiger charge is 2.15. The van der Waals surface area contributed by atoms with Crippen LogP contribution in [-0.4, -0.2) is 26.3 Å². The lowest BCUT2D eigenvalue weighted by Gasteiger charge is -2.11. The molecule has 1 aromatic heterocycles. The number of hydrogen-bond donors (Lipinski definition) is 2. The van der Waals surface area contributed by atoms with E-state index in [1.54, 1.807) is 36.4 Å². The third-order valence-corrected chi connectivity index (χ3v) is 4.86. The molecular weight excluding hydrogens is 388 g/mol. The Labute approximate surface area is 172 Å². The monoisotopic (exact) mass is 406 g/mol. The summed E-state index contributed by atoms with van der Waals surface area (Å²) in [5.74, 6) is 0.128. The number of hydrogen-bond acceptors (Lipinski definition) is 6. The zero-order chi connectivity index (χ0) is 20.6. The van der Waals surface area contributed by atoms with Gasteiger partial charge in [0.25, 0.3) is 0 Å². The van der Waals surface area contributed by atoms with Gasteiger partial charge >= 0.3 is 5.97 Å². The molecule has 3 rings (SSSR count). The second-order valence-corrected chi connectivity index (χ2v) is 6.94. The van der Waals surface area contributed by atoms with E-state index in [4.69, 9.17) is 4.74 Å². The SMILES string of the molecule is CCc1nc(S/C(=C\c2ccccc2OCc2ccccc2C#N)C(=O)O)n[nH]1. The van der Waals surface area contributed by atoms with E-state index in [-0.39, 0.29) is 11.5 Å². The van der Waals surface area contributed by atoms with Gasteiger partial charge in [0.2, 0.25) is 5.16 Å². The number of nitrogens with zero attached hydrogens (tertiary/aromatic N) is 3. The Kier molecular flexibility index (Phi) is 6.66. The van der Waals surface area contributed by atoms with Gasteiger partial charge in [-0.1, -0.05) is 43.3 Å². The number of thioether (sulfide) groups is 1. The van der Waals surface area contributed by atoms with E-state index in [0.29, 0.717) is 34.3 Å². The minimum atomic E-state index is -1.08. The van der Waals surface area contributed by atoms with Crippen molar-refractivity contribution in [3.63, 3.8) is 0 Å². The summed E-state index contributed by atoms with van der Waals surface area (Å²) in [6, 6.07) is 16.5. The van der Waals surface area contributed by atoms with E-state index in [2.05, 4.69) is 21.3 Å². The summed E-state index contributed by atoms with van der Waals surface area (Å²) in [5.41, 5.74) is 1.91. The number of aliphatic carboxylic acids is 1. The molecule has 2 aromatic carbocycles. The summed E-state index contributed by atoms with van der Waals surface area (Å²) in [4.78, 5) is 16.0. The number of H-pyrrole nitrogens is 1. The Hall–Kier alpha value is -3.57. The Bertz CT molecular complexity index is 1090. The molecule has 1 heterocycles. The first-order valence-electron chi connectivity index (χ1n) is 8.84. The number of benzene rings is 2. The predicted molar refractivity (Wildman–Crippen MR) is 109 cm³/mol. The zero-order valence-corrected chi connectivity index (χ0v) is 16.4. The Morgan fingerprint density at radius 3 is 2.76 bits per heavy atom. The van der Waals surface area contributed by atoms with Gasteiger partial charge in [-0.05, 0) is 30.0 Å². The number of para-hydroxylation sites is 1. The third-order valence-electron chi connectivity index (χ3n) is 3.98. The van der Waals surface area contributed by atoms with Crippen molar-refractivity contribution in [3.05, 3.63) is 76.0 Å². The van der Waals surface area contributed by atoms with E-state index in [1.165, 1.54) is 6.08 Å². The van der Waals surface area contributed by atoms with Gasteiger partial charge in [-0.25, -0.2) is 9.78 Å². The highest BCUT2D eigenvalue weighted by Crippen LogP contribution is 2.29. The molecule has 0 aliphatic rings. The Balaban J connectivity index is 1.83. The van der Waals surface area contributed by atoms with Gasteiger partial charge in [-0.15, -0.1) is 5.10 Å². The van der Waals surface area contributed by atoms with Gasteiger partial charge < -0.3 is 9.84 Å². The number of rotatable bonds is 8. The van der Waals surface area contributed by atoms with E-state index >= 15 is 0 Å². The van der Waals surface area contributed by atoms with Crippen LogP contribution in [0.2, 0.25) is 0 Å². The summed E-state index contributed by atoms with van der Waals surface area (Å²) in [6.07, 6.45) is 2.21. The summed E-state index contributed by atoms with van der Waals surface area (Å²) >= 11 is 0.967. The smallest absolute Gasteiger partial charge is 0.342 e. The molecule has 29 heavy (non-hydrogen) atoms. The van der Waals surface area contributed by atoms with Crippen molar-refractivity contribution in [2.75, 3.05) is 0 Å². The van der Waals surface area contributed by atoms with Crippen molar-refractivity contribution in [1.82, 2.24) is 15.2 Å². The van der Waals surface area contributed by atoms with E-state index in [1.807, 2.05) is 19.1 Å². The number of aromatic nitrogens is 3. The Morgan fingerprint density at radius 1 is 1.28 bits per heavy atom. The molecule has 0 unspecified atom stereocenters. The fourth-order valence-corrected chi connectivity index (χ4v) is 3.21. The molecule has 146 valence electrons. The van der Waals surface area contributed by atoms with Crippen LogP contribution in [0.4, 0.5) is 0 Å². The van der Waals surface area contributed by atoms with Crippen molar-refractivity contribution in [1.29, 1.82) is 5.26 Å². The molecule has 2 N–H and O–H groups in total. The minimum Gasteiger partial charge on any atom is -0.488 e. The van der Waals surface area contributed by atoms with Crippen LogP contribution in [0.1, 0.15) is 29.4 Å². The van der Waals surface area contributed by atoms with E-state index in [9.17, 15) is 15.2 Å². The molecule has 0 aliphatic carbocycles. The summed E-state index contributed by atoms with van der Waals surface area (Å²) in [6.45, 7) is 2.13. The van der Waals surface area contributed by atoms with Crippen LogP contribution in [0.25, 0.3) is 6.08 Å². The van der Waals surface area contributed by atoms with Crippen molar-refractivity contribution in [2.24, 2.45) is 0 Å². The number of aryl methyl sites for hydroxylation is 1. The molecular formula is C21H18N4O3S. The van der Waals surface area contributed by atoms with E-state index < -0.39 is 5.97 Å². The molecule has 8 heteroatoms. The lowest BCUT2D eigenvalue weighted by molar-refractivity contribution is -0.131. The standard InChI is InChI=1S/C21H18N4O3S/c1-2-19-23-21(25-24-19)29-18(20(26)27)11-14-7-5-6-10-17(14)28-13-16-9-4-3-8-15(16)12-22/h3-11H,2,13H2,1H3,(H,26,27)(H,23,24,25)/b18-11-. The largest absolute Gasteiger partial charge is 0.488 e. The molecule has 0 atom stereocenters. The maximum absolute atomic E-state index is 11.7. The summed E-state index contributed by atoms with van der Waals surface area (Å²) in [7, 11) is 0. The van der Waals surface area contributed by atoms with Gasteiger partial charge in [-0.2, -0.15) is 5.26 Å². The minimum absolute atomic E-state index is 0.0696. The summed E-state index contributed by atoms with van der Waals surface area (Å²) in [5, 5.41) is 26.0. The molecule has 0 saturated heterocycles. The third kappa shape index (κ3) is 5.24. The van der Waals surface area contributed by atoms with Crippen molar-refractivity contribution < 1.29 is 14.6 Å².